The van der Waals surface area contributed by atoms with Crippen LogP contribution in [-0.2, 0) is 11.2 Å². The van der Waals surface area contributed by atoms with Crippen LogP contribution in [0, 0.1) is 0 Å². The third kappa shape index (κ3) is 2.87. The second-order valence-electron chi connectivity index (χ2n) is 2.95. The second kappa shape index (κ2) is 5.42. The summed E-state index contributed by atoms with van der Waals surface area (Å²) in [5.74, 6) is 0.189. The molecule has 0 radical (unpaired) electrons. The Kier molecular flexibility index (Phi) is 4.16. The minimum Gasteiger partial charge on any atom is -0.461 e. The Labute approximate surface area is 83.3 Å². The van der Waals surface area contributed by atoms with Crippen molar-refractivity contribution in [3.05, 3.63) is 17.8 Å². The molecule has 1 rings (SSSR count). The average molecular weight is 197 g/mol. The summed E-state index contributed by atoms with van der Waals surface area (Å²) < 4.78 is 9.91. The van der Waals surface area contributed by atoms with Gasteiger partial charge in [0.2, 0.25) is 0 Å². The number of esters is 1. The molecule has 0 fully saturated rings. The Morgan fingerprint density at radius 2 is 2.36 bits per heavy atom. The zero-order valence-corrected chi connectivity index (χ0v) is 8.58. The van der Waals surface area contributed by atoms with Crippen LogP contribution in [0.4, 0.5) is 0 Å². The fourth-order valence-electron chi connectivity index (χ4n) is 1.05. The number of nitrogens with zero attached hydrogens (tertiary/aromatic N) is 1. The lowest BCUT2D eigenvalue weighted by molar-refractivity contribution is 0.0519. The molecule has 4 nitrogen and oxygen atoms in total. The Balaban J connectivity index is 2.54. The Morgan fingerprint density at radius 1 is 1.57 bits per heavy atom. The average Bonchev–Trinajstić information content (AvgIpc) is 2.63. The van der Waals surface area contributed by atoms with Crippen molar-refractivity contribution in [3.8, 4) is 0 Å². The van der Waals surface area contributed by atoms with Crippen LogP contribution in [0.25, 0.3) is 0 Å². The predicted molar refractivity (Wildman–Crippen MR) is 51.1 cm³/mol. The van der Waals surface area contributed by atoms with Gasteiger partial charge in [-0.2, -0.15) is 0 Å². The highest BCUT2D eigenvalue weighted by Gasteiger charge is 2.12. The maximum absolute atomic E-state index is 11.2. The van der Waals surface area contributed by atoms with Gasteiger partial charge in [-0.15, -0.1) is 0 Å². The Bertz CT molecular complexity index is 293. The van der Waals surface area contributed by atoms with Crippen LogP contribution in [0.15, 0.2) is 10.7 Å². The Morgan fingerprint density at radius 3 is 3.00 bits per heavy atom. The van der Waals surface area contributed by atoms with Crippen LogP contribution in [0.1, 0.15) is 43.1 Å². The maximum atomic E-state index is 11.2. The molecule has 4 heteroatoms. The van der Waals surface area contributed by atoms with Crippen molar-refractivity contribution in [2.24, 2.45) is 0 Å². The molecule has 1 aromatic heterocycles. The first-order chi connectivity index (χ1) is 6.77. The molecule has 0 amide bonds. The lowest BCUT2D eigenvalue weighted by Crippen LogP contribution is -2.04. The fourth-order valence-corrected chi connectivity index (χ4v) is 1.05. The summed E-state index contributed by atoms with van der Waals surface area (Å²) in [5.41, 5.74) is 0.262. The number of rotatable bonds is 5. The molecule has 0 saturated heterocycles. The normalized spacial score (nSPS) is 10.1. The zero-order valence-electron chi connectivity index (χ0n) is 8.58. The van der Waals surface area contributed by atoms with Crippen LogP contribution in [0.5, 0.6) is 0 Å². The van der Waals surface area contributed by atoms with E-state index in [1.165, 1.54) is 6.26 Å². The van der Waals surface area contributed by atoms with E-state index < -0.39 is 5.97 Å². The highest BCUT2D eigenvalue weighted by Crippen LogP contribution is 2.06. The molecule has 0 aromatic carbocycles. The number of hydrogen-bond donors (Lipinski definition) is 0. The van der Waals surface area contributed by atoms with Crippen molar-refractivity contribution < 1.29 is 13.9 Å². The van der Waals surface area contributed by atoms with Gasteiger partial charge in [-0.25, -0.2) is 9.78 Å². The number of aryl methyl sites for hydroxylation is 1. The molecule has 78 valence electrons. The zero-order chi connectivity index (χ0) is 10.4. The molecule has 0 bridgehead atoms. The summed E-state index contributed by atoms with van der Waals surface area (Å²) in [5, 5.41) is 0. The summed E-state index contributed by atoms with van der Waals surface area (Å²) in [6.07, 6.45) is 4.22. The number of oxazole rings is 1. The minimum atomic E-state index is -0.418. The molecule has 14 heavy (non-hydrogen) atoms. The molecule has 0 N–H and O–H groups in total. The number of unbranched alkanes of at least 4 members (excludes halogenated alkanes) is 1. The topological polar surface area (TPSA) is 52.3 Å². The predicted octanol–water partition coefficient (Wildman–Crippen LogP) is 2.19. The van der Waals surface area contributed by atoms with Gasteiger partial charge in [0.25, 0.3) is 0 Å². The van der Waals surface area contributed by atoms with Crippen molar-refractivity contribution in [1.82, 2.24) is 4.98 Å². The standard InChI is InChI=1S/C10H15NO3/c1-3-5-6-9-11-8(7-14-9)10(12)13-4-2/h7H,3-6H2,1-2H3. The van der Waals surface area contributed by atoms with Crippen molar-refractivity contribution in [1.29, 1.82) is 0 Å². The van der Waals surface area contributed by atoms with Crippen LogP contribution < -0.4 is 0 Å². The van der Waals surface area contributed by atoms with E-state index in [2.05, 4.69) is 11.9 Å². The molecule has 0 spiro atoms. The van der Waals surface area contributed by atoms with Crippen molar-refractivity contribution in [2.75, 3.05) is 6.61 Å². The fraction of sp³-hybridized carbons (Fsp3) is 0.600. The SMILES string of the molecule is CCCCc1nc(C(=O)OCC)co1. The third-order valence-corrected chi connectivity index (χ3v) is 1.78. The van der Waals surface area contributed by atoms with Gasteiger partial charge in [-0.3, -0.25) is 0 Å². The number of carbonyl (C=O) groups excluding carboxylic acids is 1. The molecule has 0 aliphatic heterocycles. The second-order valence-corrected chi connectivity index (χ2v) is 2.95. The van der Waals surface area contributed by atoms with E-state index in [1.54, 1.807) is 6.92 Å². The van der Waals surface area contributed by atoms with Crippen LogP contribution >= 0.6 is 0 Å². The van der Waals surface area contributed by atoms with Gasteiger partial charge in [-0.05, 0) is 13.3 Å². The first-order valence-corrected chi connectivity index (χ1v) is 4.89. The molecular weight excluding hydrogens is 182 g/mol. The largest absolute Gasteiger partial charge is 0.461 e. The first kappa shape index (κ1) is 10.8. The summed E-state index contributed by atoms with van der Waals surface area (Å²) in [7, 11) is 0. The quantitative estimate of drug-likeness (QED) is 0.679. The van der Waals surface area contributed by atoms with Crippen molar-refractivity contribution in [3.63, 3.8) is 0 Å². The summed E-state index contributed by atoms with van der Waals surface area (Å²) in [6, 6.07) is 0. The van der Waals surface area contributed by atoms with E-state index in [0.717, 1.165) is 19.3 Å². The van der Waals surface area contributed by atoms with Crippen molar-refractivity contribution >= 4 is 5.97 Å². The third-order valence-electron chi connectivity index (χ3n) is 1.78. The molecule has 0 atom stereocenters. The highest BCUT2D eigenvalue weighted by atomic mass is 16.5. The monoisotopic (exact) mass is 197 g/mol. The molecular formula is C10H15NO3. The van der Waals surface area contributed by atoms with Gasteiger partial charge in [0, 0.05) is 6.42 Å². The molecule has 0 saturated carbocycles. The Hall–Kier alpha value is -1.32. The summed E-state index contributed by atoms with van der Waals surface area (Å²) in [6.45, 7) is 4.21. The van der Waals surface area contributed by atoms with Gasteiger partial charge in [-0.1, -0.05) is 13.3 Å². The van der Waals surface area contributed by atoms with Gasteiger partial charge < -0.3 is 9.15 Å². The molecule has 0 unspecified atom stereocenters. The van der Waals surface area contributed by atoms with Crippen LogP contribution in [0.2, 0.25) is 0 Å². The molecule has 0 aliphatic rings. The first-order valence-electron chi connectivity index (χ1n) is 4.89. The minimum absolute atomic E-state index is 0.262. The number of ether oxygens (including phenoxy) is 1. The van der Waals surface area contributed by atoms with Gasteiger partial charge in [0.05, 0.1) is 6.61 Å². The lowest BCUT2D eigenvalue weighted by atomic mass is 10.2. The highest BCUT2D eigenvalue weighted by molar-refractivity contribution is 5.86. The van der Waals surface area contributed by atoms with Gasteiger partial charge >= 0.3 is 5.97 Å². The van der Waals surface area contributed by atoms with Gasteiger partial charge in [0.1, 0.15) is 6.26 Å². The molecule has 1 aromatic rings. The number of aromatic nitrogens is 1. The van der Waals surface area contributed by atoms with Crippen molar-refractivity contribution in [2.45, 2.75) is 33.1 Å². The van der Waals surface area contributed by atoms with E-state index in [1.807, 2.05) is 0 Å². The van der Waals surface area contributed by atoms with E-state index in [4.69, 9.17) is 9.15 Å². The molecule has 1 heterocycles. The van der Waals surface area contributed by atoms with Gasteiger partial charge in [0.15, 0.2) is 11.6 Å². The van der Waals surface area contributed by atoms with E-state index in [9.17, 15) is 4.79 Å². The smallest absolute Gasteiger partial charge is 0.360 e. The lowest BCUT2D eigenvalue weighted by Gasteiger charge is -1.95. The summed E-state index contributed by atoms with van der Waals surface area (Å²) in [4.78, 5) is 15.2. The van der Waals surface area contributed by atoms with E-state index in [0.29, 0.717) is 12.5 Å². The summed E-state index contributed by atoms with van der Waals surface area (Å²) >= 11 is 0. The molecule has 0 aliphatic carbocycles. The van der Waals surface area contributed by atoms with E-state index >= 15 is 0 Å². The van der Waals surface area contributed by atoms with Crippen LogP contribution in [0.3, 0.4) is 0 Å². The maximum Gasteiger partial charge on any atom is 0.360 e. The van der Waals surface area contributed by atoms with Crippen LogP contribution in [-0.4, -0.2) is 17.6 Å². The van der Waals surface area contributed by atoms with E-state index in [-0.39, 0.29) is 5.69 Å². The number of carbonyl (C=O) groups is 1. The number of hydrogen-bond acceptors (Lipinski definition) is 4.